The molecule has 0 bridgehead atoms. The molecule has 242 valence electrons. The van der Waals surface area contributed by atoms with Crippen LogP contribution in [-0.4, -0.2) is 68.3 Å². The van der Waals surface area contributed by atoms with Gasteiger partial charge in [-0.15, -0.1) is 0 Å². The van der Waals surface area contributed by atoms with Crippen LogP contribution in [0.2, 0.25) is 0 Å². The minimum absolute atomic E-state index is 0.0304. The lowest BCUT2D eigenvalue weighted by Gasteiger charge is -2.40. The van der Waals surface area contributed by atoms with Crippen LogP contribution in [0.5, 0.6) is 11.5 Å². The molecule has 8 rings (SSSR count). The second kappa shape index (κ2) is 12.6. The summed E-state index contributed by atoms with van der Waals surface area (Å²) in [6.45, 7) is 7.92. The molecule has 4 heterocycles. The summed E-state index contributed by atoms with van der Waals surface area (Å²) in [7, 11) is 0. The number of halogens is 1. The number of rotatable bonds is 6. The van der Waals surface area contributed by atoms with Crippen LogP contribution in [0.4, 0.5) is 15.8 Å². The summed E-state index contributed by atoms with van der Waals surface area (Å²) >= 11 is 0. The highest BCUT2D eigenvalue weighted by molar-refractivity contribution is 5.98. The van der Waals surface area contributed by atoms with Gasteiger partial charge >= 0.3 is 0 Å². The molecule has 8 heteroatoms. The first-order chi connectivity index (χ1) is 23.0. The van der Waals surface area contributed by atoms with E-state index in [9.17, 15) is 9.90 Å². The molecule has 0 saturated carbocycles. The number of amides is 1. The Bertz CT molecular complexity index is 1770. The molecule has 1 unspecified atom stereocenters. The van der Waals surface area contributed by atoms with Crippen LogP contribution in [0.3, 0.4) is 0 Å². The predicted molar refractivity (Wildman–Crippen MR) is 182 cm³/mol. The first kappa shape index (κ1) is 29.8. The van der Waals surface area contributed by atoms with Gasteiger partial charge in [-0.2, -0.15) is 0 Å². The van der Waals surface area contributed by atoms with E-state index in [1.165, 1.54) is 5.69 Å². The monoisotopic (exact) mass is 632 g/mol. The van der Waals surface area contributed by atoms with Gasteiger partial charge in [-0.25, -0.2) is 4.39 Å². The Hall–Kier alpha value is -4.56. The number of nitrogens with zero attached hydrogens (tertiary/aromatic N) is 3. The summed E-state index contributed by atoms with van der Waals surface area (Å²) in [6.07, 6.45) is 2.11. The molecule has 0 spiro atoms. The molecule has 4 aromatic carbocycles. The minimum Gasteiger partial charge on any atom is -0.508 e. The van der Waals surface area contributed by atoms with Crippen molar-refractivity contribution in [3.05, 3.63) is 119 Å². The molecule has 4 aliphatic rings. The summed E-state index contributed by atoms with van der Waals surface area (Å²) in [6, 6.07) is 27.5. The van der Waals surface area contributed by atoms with Gasteiger partial charge in [0, 0.05) is 87.1 Å². The third kappa shape index (κ3) is 5.91. The van der Waals surface area contributed by atoms with Crippen molar-refractivity contribution in [1.82, 2.24) is 10.2 Å². The summed E-state index contributed by atoms with van der Waals surface area (Å²) in [5, 5.41) is 13.0. The van der Waals surface area contributed by atoms with Crippen LogP contribution >= 0.6 is 0 Å². The fourth-order valence-electron chi connectivity index (χ4n) is 8.10. The van der Waals surface area contributed by atoms with Gasteiger partial charge in [0.1, 0.15) is 17.3 Å². The Morgan fingerprint density at radius 3 is 2.43 bits per heavy atom. The van der Waals surface area contributed by atoms with Gasteiger partial charge < -0.3 is 25.0 Å². The van der Waals surface area contributed by atoms with Crippen molar-refractivity contribution in [2.45, 2.75) is 31.2 Å². The maximum atomic E-state index is 16.0. The van der Waals surface area contributed by atoms with Crippen molar-refractivity contribution >= 4 is 17.3 Å². The van der Waals surface area contributed by atoms with Crippen molar-refractivity contribution < 1.29 is 19.0 Å². The lowest BCUT2D eigenvalue weighted by molar-refractivity contribution is 0.0965. The normalized spacial score (nSPS) is 21.6. The SMILES string of the molecule is O=C1NCc2cc(N3CCN(CC4CCN(c5ccc([C@@H]6c7ccc(O)cc7OCC6c6ccccc6)cc5F)CC4)CC3)ccc21. The van der Waals surface area contributed by atoms with E-state index in [0.717, 1.165) is 86.5 Å². The quantitative estimate of drug-likeness (QED) is 0.267. The molecule has 4 aromatic rings. The maximum Gasteiger partial charge on any atom is 0.251 e. The van der Waals surface area contributed by atoms with Gasteiger partial charge in [-0.1, -0.05) is 42.5 Å². The van der Waals surface area contributed by atoms with E-state index in [2.05, 4.69) is 50.3 Å². The van der Waals surface area contributed by atoms with Crippen LogP contribution in [0, 0.1) is 11.7 Å². The molecule has 0 radical (unpaired) electrons. The molecule has 2 saturated heterocycles. The number of hydrogen-bond donors (Lipinski definition) is 2. The van der Waals surface area contributed by atoms with E-state index in [4.69, 9.17) is 4.74 Å². The highest BCUT2D eigenvalue weighted by atomic mass is 19.1. The molecule has 47 heavy (non-hydrogen) atoms. The van der Waals surface area contributed by atoms with Gasteiger partial charge in [-0.05, 0) is 71.8 Å². The van der Waals surface area contributed by atoms with Gasteiger partial charge in [0.15, 0.2) is 0 Å². The van der Waals surface area contributed by atoms with E-state index in [1.807, 2.05) is 36.4 Å². The van der Waals surface area contributed by atoms with Crippen molar-refractivity contribution in [2.24, 2.45) is 5.92 Å². The maximum absolute atomic E-state index is 16.0. The first-order valence-electron chi connectivity index (χ1n) is 16.9. The second-order valence-electron chi connectivity index (χ2n) is 13.5. The van der Waals surface area contributed by atoms with Gasteiger partial charge in [0.05, 0.1) is 12.3 Å². The van der Waals surface area contributed by atoms with Crippen LogP contribution in [0.1, 0.15) is 57.3 Å². The Morgan fingerprint density at radius 1 is 0.830 bits per heavy atom. The van der Waals surface area contributed by atoms with E-state index >= 15 is 4.39 Å². The van der Waals surface area contributed by atoms with Crippen LogP contribution in [0.25, 0.3) is 0 Å². The number of benzene rings is 4. The van der Waals surface area contributed by atoms with Gasteiger partial charge in [0.2, 0.25) is 0 Å². The molecule has 0 aromatic heterocycles. The number of aromatic hydroxyl groups is 1. The Kier molecular flexibility index (Phi) is 7.97. The molecule has 2 N–H and O–H groups in total. The Labute approximate surface area is 275 Å². The molecule has 2 fully saturated rings. The van der Waals surface area contributed by atoms with E-state index in [0.29, 0.717) is 30.5 Å². The van der Waals surface area contributed by atoms with Crippen molar-refractivity contribution in [3.8, 4) is 11.5 Å². The average molecular weight is 633 g/mol. The number of hydrogen-bond acceptors (Lipinski definition) is 6. The second-order valence-corrected chi connectivity index (χ2v) is 13.5. The lowest BCUT2D eigenvalue weighted by atomic mass is 9.76. The smallest absolute Gasteiger partial charge is 0.251 e. The number of phenols is 1. The molecule has 2 atom stereocenters. The minimum atomic E-state index is -0.178. The molecule has 1 amide bonds. The third-order valence-corrected chi connectivity index (χ3v) is 10.7. The summed E-state index contributed by atoms with van der Waals surface area (Å²) in [4.78, 5) is 19.1. The molecule has 7 nitrogen and oxygen atoms in total. The lowest BCUT2D eigenvalue weighted by Crippen LogP contribution is -2.49. The van der Waals surface area contributed by atoms with Crippen molar-refractivity contribution in [2.75, 3.05) is 62.2 Å². The van der Waals surface area contributed by atoms with Crippen LogP contribution in [-0.2, 0) is 6.54 Å². The molecular weight excluding hydrogens is 591 g/mol. The zero-order chi connectivity index (χ0) is 31.9. The van der Waals surface area contributed by atoms with E-state index < -0.39 is 0 Å². The fraction of sp³-hybridized carbons (Fsp3) is 0.359. The average Bonchev–Trinajstić information content (AvgIpc) is 3.48. The number of anilines is 2. The summed E-state index contributed by atoms with van der Waals surface area (Å²) < 4.78 is 22.1. The largest absolute Gasteiger partial charge is 0.508 e. The highest BCUT2D eigenvalue weighted by Gasteiger charge is 2.34. The molecule has 4 aliphatic heterocycles. The van der Waals surface area contributed by atoms with Crippen LogP contribution < -0.4 is 19.9 Å². The molecule has 0 aliphatic carbocycles. The zero-order valence-corrected chi connectivity index (χ0v) is 26.6. The number of carbonyl (C=O) groups excluding carboxylic acids is 1. The Morgan fingerprint density at radius 2 is 1.64 bits per heavy atom. The topological polar surface area (TPSA) is 68.3 Å². The number of piperidine rings is 1. The Balaban J connectivity index is 0.898. The predicted octanol–water partition coefficient (Wildman–Crippen LogP) is 6.12. The van der Waals surface area contributed by atoms with Crippen molar-refractivity contribution in [1.29, 1.82) is 0 Å². The van der Waals surface area contributed by atoms with Gasteiger partial charge in [-0.3, -0.25) is 9.69 Å². The zero-order valence-electron chi connectivity index (χ0n) is 26.6. The fourth-order valence-corrected chi connectivity index (χ4v) is 8.10. The number of ether oxygens (including phenoxy) is 1. The molecular formula is C39H41FN4O3. The number of piperazine rings is 1. The first-order valence-corrected chi connectivity index (χ1v) is 16.9. The number of fused-ring (bicyclic) bond motifs is 2. The standard InChI is InChI=1S/C39H41FN4O3/c40-35-21-28(38-33-10-8-31(45)22-37(33)47-25-34(38)27-4-2-1-3-5-27)6-11-36(35)44-14-12-26(13-15-44)24-42-16-18-43(19-17-42)30-7-9-32-29(20-30)23-41-39(32)46/h1-11,20-22,26,34,38,45H,12-19,23-25H2,(H,41,46)/t34?,38-/m1/s1. The highest BCUT2D eigenvalue weighted by Crippen LogP contribution is 2.47. The summed E-state index contributed by atoms with van der Waals surface area (Å²) in [5.41, 5.74) is 6.84. The van der Waals surface area contributed by atoms with Crippen molar-refractivity contribution in [3.63, 3.8) is 0 Å². The van der Waals surface area contributed by atoms with Crippen LogP contribution in [0.15, 0.2) is 84.9 Å². The number of carbonyl (C=O) groups is 1. The van der Waals surface area contributed by atoms with E-state index in [1.54, 1.807) is 18.2 Å². The number of phenolic OH excluding ortho intramolecular Hbond substituents is 1. The summed E-state index contributed by atoms with van der Waals surface area (Å²) in [5.74, 6) is 1.24. The van der Waals surface area contributed by atoms with Gasteiger partial charge in [0.25, 0.3) is 5.91 Å². The van der Waals surface area contributed by atoms with E-state index in [-0.39, 0.29) is 29.3 Å². The number of nitrogens with one attached hydrogen (secondary N) is 1. The third-order valence-electron chi connectivity index (χ3n) is 10.7.